The Morgan fingerprint density at radius 3 is 2.75 bits per heavy atom. The molecule has 3 rings (SSSR count). The van der Waals surface area contributed by atoms with Crippen LogP contribution in [-0.2, 0) is 0 Å². The van der Waals surface area contributed by atoms with E-state index in [4.69, 9.17) is 17.3 Å². The maximum Gasteiger partial charge on any atom is 0.240 e. The second-order valence-electron chi connectivity index (χ2n) is 3.78. The van der Waals surface area contributed by atoms with Crippen molar-refractivity contribution in [2.75, 3.05) is 5.73 Å². The smallest absolute Gasteiger partial charge is 0.240 e. The van der Waals surface area contributed by atoms with Crippen LogP contribution in [0.5, 0.6) is 0 Å². The quantitative estimate of drug-likeness (QED) is 0.800. The number of nitrogens with two attached hydrogens (primary N) is 1. The molecule has 0 unspecified atom stereocenters. The molecule has 8 heteroatoms. The van der Waals surface area contributed by atoms with Gasteiger partial charge in [0.2, 0.25) is 11.9 Å². The number of hydrogen-bond acceptors (Lipinski definition) is 6. The van der Waals surface area contributed by atoms with Gasteiger partial charge in [-0.2, -0.15) is 15.0 Å². The standard InChI is InChI=1S/C12H9ClN6S/c13-8-3-1-2-4-9(8)20-12-17-10(14)16-11(18-12)19-6-5-15-7-19/h1-7H,(H2,14,16,17,18). The van der Waals surface area contributed by atoms with Crippen molar-refractivity contribution in [3.63, 3.8) is 0 Å². The fraction of sp³-hybridized carbons (Fsp3) is 0. The highest BCUT2D eigenvalue weighted by Crippen LogP contribution is 2.31. The summed E-state index contributed by atoms with van der Waals surface area (Å²) in [4.78, 5) is 17.3. The van der Waals surface area contributed by atoms with Crippen LogP contribution in [0, 0.1) is 0 Å². The Morgan fingerprint density at radius 1 is 1.15 bits per heavy atom. The summed E-state index contributed by atoms with van der Waals surface area (Å²) in [5.41, 5.74) is 5.71. The zero-order valence-corrected chi connectivity index (χ0v) is 11.7. The maximum atomic E-state index is 6.11. The maximum absolute atomic E-state index is 6.11. The fourth-order valence-electron chi connectivity index (χ4n) is 1.53. The van der Waals surface area contributed by atoms with Gasteiger partial charge in [0.15, 0.2) is 5.16 Å². The van der Waals surface area contributed by atoms with E-state index in [2.05, 4.69) is 19.9 Å². The molecule has 1 aromatic carbocycles. The molecule has 0 aliphatic heterocycles. The molecule has 0 saturated heterocycles. The third kappa shape index (κ3) is 2.73. The number of benzene rings is 1. The molecule has 2 heterocycles. The lowest BCUT2D eigenvalue weighted by Gasteiger charge is -2.05. The topological polar surface area (TPSA) is 82.5 Å². The number of hydrogen-bond donors (Lipinski definition) is 1. The van der Waals surface area contributed by atoms with Crippen LogP contribution >= 0.6 is 23.4 Å². The Hall–Kier alpha value is -2.12. The highest BCUT2D eigenvalue weighted by molar-refractivity contribution is 7.99. The van der Waals surface area contributed by atoms with Crippen LogP contribution in [0.4, 0.5) is 5.95 Å². The summed E-state index contributed by atoms with van der Waals surface area (Å²) < 4.78 is 1.66. The summed E-state index contributed by atoms with van der Waals surface area (Å²) in [6.45, 7) is 0. The van der Waals surface area contributed by atoms with E-state index in [0.717, 1.165) is 4.90 Å². The average Bonchev–Trinajstić information content (AvgIpc) is 2.95. The monoisotopic (exact) mass is 304 g/mol. The van der Waals surface area contributed by atoms with Crippen molar-refractivity contribution in [1.82, 2.24) is 24.5 Å². The van der Waals surface area contributed by atoms with Gasteiger partial charge in [-0.15, -0.1) is 0 Å². The predicted octanol–water partition coefficient (Wildman–Crippen LogP) is 2.44. The van der Waals surface area contributed by atoms with E-state index in [-0.39, 0.29) is 5.95 Å². The number of imidazole rings is 1. The van der Waals surface area contributed by atoms with Crippen molar-refractivity contribution in [3.8, 4) is 5.95 Å². The minimum atomic E-state index is 0.151. The van der Waals surface area contributed by atoms with E-state index >= 15 is 0 Å². The number of nitrogen functional groups attached to an aromatic ring is 1. The number of anilines is 1. The molecule has 0 spiro atoms. The zero-order chi connectivity index (χ0) is 13.9. The highest BCUT2D eigenvalue weighted by Gasteiger charge is 2.09. The van der Waals surface area contributed by atoms with Gasteiger partial charge in [-0.3, -0.25) is 4.57 Å². The van der Waals surface area contributed by atoms with Crippen LogP contribution in [-0.4, -0.2) is 24.5 Å². The van der Waals surface area contributed by atoms with Gasteiger partial charge in [0.25, 0.3) is 0 Å². The van der Waals surface area contributed by atoms with Crippen LogP contribution in [0.15, 0.2) is 53.0 Å². The number of aromatic nitrogens is 5. The Bertz CT molecular complexity index is 731. The molecule has 20 heavy (non-hydrogen) atoms. The van der Waals surface area contributed by atoms with E-state index in [1.807, 2.05) is 24.3 Å². The summed E-state index contributed by atoms with van der Waals surface area (Å²) >= 11 is 7.45. The second kappa shape index (κ2) is 5.48. The predicted molar refractivity (Wildman–Crippen MR) is 76.9 cm³/mol. The van der Waals surface area contributed by atoms with Crippen LogP contribution in [0.2, 0.25) is 5.02 Å². The largest absolute Gasteiger partial charge is 0.368 e. The summed E-state index contributed by atoms with van der Waals surface area (Å²) in [5, 5.41) is 1.12. The van der Waals surface area contributed by atoms with E-state index in [1.54, 1.807) is 23.3 Å². The first-order valence-corrected chi connectivity index (χ1v) is 6.84. The molecule has 0 amide bonds. The van der Waals surface area contributed by atoms with Gasteiger partial charge in [0.1, 0.15) is 6.33 Å². The molecule has 2 aromatic heterocycles. The molecule has 0 atom stereocenters. The second-order valence-corrected chi connectivity index (χ2v) is 5.19. The van der Waals surface area contributed by atoms with Crippen molar-refractivity contribution in [2.45, 2.75) is 10.1 Å². The molecule has 6 nitrogen and oxygen atoms in total. The number of rotatable bonds is 3. The van der Waals surface area contributed by atoms with Crippen LogP contribution in [0.3, 0.4) is 0 Å². The molecular weight excluding hydrogens is 296 g/mol. The Labute approximate surface area is 124 Å². The third-order valence-corrected chi connectivity index (χ3v) is 3.78. The first-order chi connectivity index (χ1) is 9.72. The lowest BCUT2D eigenvalue weighted by Crippen LogP contribution is -2.05. The third-order valence-electron chi connectivity index (χ3n) is 2.39. The van der Waals surface area contributed by atoms with E-state index in [9.17, 15) is 0 Å². The van der Waals surface area contributed by atoms with Crippen molar-refractivity contribution in [2.24, 2.45) is 0 Å². The average molecular weight is 305 g/mol. The minimum absolute atomic E-state index is 0.151. The first kappa shape index (κ1) is 12.9. The Balaban J connectivity index is 1.97. The molecule has 0 fully saturated rings. The molecule has 2 N–H and O–H groups in total. The van der Waals surface area contributed by atoms with Crippen molar-refractivity contribution in [3.05, 3.63) is 48.0 Å². The van der Waals surface area contributed by atoms with Gasteiger partial charge in [-0.05, 0) is 23.9 Å². The van der Waals surface area contributed by atoms with Crippen LogP contribution in [0.1, 0.15) is 0 Å². The van der Waals surface area contributed by atoms with Crippen molar-refractivity contribution >= 4 is 29.3 Å². The first-order valence-electron chi connectivity index (χ1n) is 5.64. The zero-order valence-electron chi connectivity index (χ0n) is 10.1. The van der Waals surface area contributed by atoms with Gasteiger partial charge in [0.05, 0.1) is 5.02 Å². The van der Waals surface area contributed by atoms with Crippen molar-refractivity contribution in [1.29, 1.82) is 0 Å². The summed E-state index contributed by atoms with van der Waals surface area (Å²) in [6.07, 6.45) is 4.97. The van der Waals surface area contributed by atoms with Gasteiger partial charge >= 0.3 is 0 Å². The summed E-state index contributed by atoms with van der Waals surface area (Å²) in [7, 11) is 0. The molecule has 0 saturated carbocycles. The van der Waals surface area contributed by atoms with Crippen LogP contribution < -0.4 is 5.73 Å². The van der Waals surface area contributed by atoms with E-state index in [1.165, 1.54) is 11.8 Å². The SMILES string of the molecule is Nc1nc(Sc2ccccc2Cl)nc(-n2ccnc2)n1. The molecule has 0 radical (unpaired) electrons. The number of halogens is 1. The van der Waals surface area contributed by atoms with Gasteiger partial charge in [0, 0.05) is 17.3 Å². The Kier molecular flexibility index (Phi) is 3.53. The number of nitrogens with zero attached hydrogens (tertiary/aromatic N) is 5. The van der Waals surface area contributed by atoms with Gasteiger partial charge in [-0.25, -0.2) is 4.98 Å². The van der Waals surface area contributed by atoms with Gasteiger partial charge in [-0.1, -0.05) is 23.7 Å². The molecule has 0 bridgehead atoms. The van der Waals surface area contributed by atoms with Crippen LogP contribution in [0.25, 0.3) is 5.95 Å². The lowest BCUT2D eigenvalue weighted by molar-refractivity contribution is 0.832. The van der Waals surface area contributed by atoms with E-state index < -0.39 is 0 Å². The molecule has 100 valence electrons. The lowest BCUT2D eigenvalue weighted by atomic mass is 10.4. The molecule has 3 aromatic rings. The van der Waals surface area contributed by atoms with Crippen molar-refractivity contribution < 1.29 is 0 Å². The fourth-order valence-corrected chi connectivity index (χ4v) is 2.55. The van der Waals surface area contributed by atoms with Gasteiger partial charge < -0.3 is 5.73 Å². The highest BCUT2D eigenvalue weighted by atomic mass is 35.5. The normalized spacial score (nSPS) is 10.7. The Morgan fingerprint density at radius 2 is 2.00 bits per heavy atom. The summed E-state index contributed by atoms with van der Waals surface area (Å²) in [5.74, 6) is 0.572. The summed E-state index contributed by atoms with van der Waals surface area (Å²) in [6, 6.07) is 7.47. The molecule has 0 aliphatic carbocycles. The minimum Gasteiger partial charge on any atom is -0.368 e. The molecular formula is C12H9ClN6S. The van der Waals surface area contributed by atoms with E-state index in [0.29, 0.717) is 16.1 Å². The molecule has 0 aliphatic rings.